The number of hydrogen-bond acceptors (Lipinski definition) is 8. The van der Waals surface area contributed by atoms with Crippen molar-refractivity contribution in [2.24, 2.45) is 0 Å². The van der Waals surface area contributed by atoms with Gasteiger partial charge >= 0.3 is 11.9 Å². The van der Waals surface area contributed by atoms with Gasteiger partial charge in [-0.25, -0.2) is 22.4 Å². The predicted molar refractivity (Wildman–Crippen MR) is 180 cm³/mol. The lowest BCUT2D eigenvalue weighted by atomic mass is 9.99. The molecule has 1 aliphatic carbocycles. The fourth-order valence-electron chi connectivity index (χ4n) is 5.57. The number of benzene rings is 3. The Bertz CT molecular complexity index is 1740. The van der Waals surface area contributed by atoms with Crippen molar-refractivity contribution in [1.82, 2.24) is 0 Å². The predicted octanol–water partition coefficient (Wildman–Crippen LogP) is 8.48. The van der Waals surface area contributed by atoms with Crippen LogP contribution in [0.2, 0.25) is 0 Å². The highest BCUT2D eigenvalue weighted by atomic mass is 32.3. The fraction of sp³-hybridized carbons (Fsp3) is 0.371. The number of fused-ring (bicyclic) bond motifs is 3. The number of alkyl halides is 1. The summed E-state index contributed by atoms with van der Waals surface area (Å²) in [6.45, 7) is 10.2. The molecule has 0 saturated heterocycles. The van der Waals surface area contributed by atoms with E-state index in [-0.39, 0.29) is 35.3 Å². The summed E-state index contributed by atoms with van der Waals surface area (Å²) < 4.78 is 65.6. The van der Waals surface area contributed by atoms with Crippen LogP contribution in [-0.2, 0) is 29.6 Å². The lowest BCUT2D eigenvalue weighted by molar-refractivity contribution is -0.162. The van der Waals surface area contributed by atoms with Crippen LogP contribution < -0.4 is 4.74 Å². The van der Waals surface area contributed by atoms with Crippen molar-refractivity contribution in [1.29, 1.82) is 0 Å². The molecule has 1 aliphatic rings. The van der Waals surface area contributed by atoms with E-state index >= 15 is 0 Å². The summed E-state index contributed by atoms with van der Waals surface area (Å²) >= 11 is 0. The molecule has 0 spiro atoms. The van der Waals surface area contributed by atoms with Gasteiger partial charge in [0.1, 0.15) is 24.6 Å². The quantitative estimate of drug-likeness (QED) is 0.0564. The maximum atomic E-state index is 12.6. The fourth-order valence-corrected chi connectivity index (χ4v) is 8.13. The highest BCUT2D eigenvalue weighted by Crippen LogP contribution is 2.49. The van der Waals surface area contributed by atoms with Crippen LogP contribution in [0.3, 0.4) is 0 Å². The molecule has 254 valence electrons. The molecular weight excluding hydrogens is 651 g/mol. The Balaban J connectivity index is 0.000000361. The average molecular weight is 691 g/mol. The number of halogens is 2. The van der Waals surface area contributed by atoms with Gasteiger partial charge in [-0.15, -0.1) is 3.89 Å². The number of aryl methyl sites for hydroxylation is 2. The van der Waals surface area contributed by atoms with Crippen LogP contribution in [0.5, 0.6) is 5.75 Å². The molecule has 47 heavy (non-hydrogen) atoms. The molecule has 0 unspecified atom stereocenters. The van der Waals surface area contributed by atoms with Gasteiger partial charge in [0.2, 0.25) is 0 Å². The zero-order valence-electron chi connectivity index (χ0n) is 27.0. The lowest BCUT2D eigenvalue weighted by Crippen LogP contribution is -2.33. The van der Waals surface area contributed by atoms with E-state index < -0.39 is 23.1 Å². The summed E-state index contributed by atoms with van der Waals surface area (Å²) in [6, 6.07) is 21.9. The zero-order valence-corrected chi connectivity index (χ0v) is 28.6. The minimum absolute atomic E-state index is 0.0415. The molecule has 1 fully saturated rings. The topological polar surface area (TPSA) is 119 Å². The maximum Gasteiger partial charge on any atom is 0.344 e. The van der Waals surface area contributed by atoms with Gasteiger partial charge in [-0.3, -0.25) is 0 Å². The van der Waals surface area contributed by atoms with E-state index in [2.05, 4.69) is 92.8 Å². The third-order valence-corrected chi connectivity index (χ3v) is 9.96. The van der Waals surface area contributed by atoms with Crippen LogP contribution in [0.4, 0.5) is 8.28 Å². The Labute approximate surface area is 277 Å². The monoisotopic (exact) mass is 690 g/mol. The second-order valence-corrected chi connectivity index (χ2v) is 13.9. The van der Waals surface area contributed by atoms with Gasteiger partial charge in [-0.05, 0) is 88.3 Å². The van der Waals surface area contributed by atoms with Crippen molar-refractivity contribution in [3.63, 3.8) is 0 Å². The van der Waals surface area contributed by atoms with E-state index in [4.69, 9.17) is 22.4 Å². The van der Waals surface area contributed by atoms with Gasteiger partial charge in [-0.1, -0.05) is 37.8 Å². The van der Waals surface area contributed by atoms with Crippen LogP contribution in [0, 0.1) is 13.8 Å². The smallest absolute Gasteiger partial charge is 0.344 e. The molecule has 1 heterocycles. The van der Waals surface area contributed by atoms with E-state index in [9.17, 15) is 17.9 Å². The van der Waals surface area contributed by atoms with Gasteiger partial charge in [-0.2, -0.15) is 0 Å². The van der Waals surface area contributed by atoms with Crippen molar-refractivity contribution in [3.05, 3.63) is 83.9 Å². The zero-order chi connectivity index (χ0) is 34.8. The molecule has 0 atom stereocenters. The molecule has 0 radical (unpaired) electrons. The van der Waals surface area contributed by atoms with E-state index in [1.54, 1.807) is 0 Å². The summed E-state index contributed by atoms with van der Waals surface area (Å²) in [5, 5.41) is 2.65. The molecule has 0 N–H and O–H groups in total. The van der Waals surface area contributed by atoms with Gasteiger partial charge in [0.25, 0.3) is 10.5 Å². The van der Waals surface area contributed by atoms with E-state index in [1.807, 2.05) is 0 Å². The molecule has 4 aromatic rings. The number of carbonyl (C=O) groups excluding carboxylic acids is 2. The number of carbonyl (C=O) groups is 2. The molecule has 1 aromatic heterocycles. The van der Waals surface area contributed by atoms with Crippen LogP contribution in [-0.4, -0.2) is 50.4 Å². The summed E-state index contributed by atoms with van der Waals surface area (Å²) in [7, 11) is -5.56. The largest absolute Gasteiger partial charge is 0.722 e. The molecular formula is C35H40F2O8S2. The minimum Gasteiger partial charge on any atom is -0.722 e. The first-order chi connectivity index (χ1) is 22.2. The van der Waals surface area contributed by atoms with E-state index in [1.165, 1.54) is 32.0 Å². The minimum atomic E-state index is -5.42. The molecule has 1 saturated carbocycles. The lowest BCUT2D eigenvalue weighted by Gasteiger charge is -2.27. The van der Waals surface area contributed by atoms with Crippen molar-refractivity contribution < 1.29 is 45.0 Å². The summed E-state index contributed by atoms with van der Waals surface area (Å²) in [6.07, 6.45) is 5.07. The van der Waals surface area contributed by atoms with Crippen LogP contribution in [0.1, 0.15) is 57.1 Å². The van der Waals surface area contributed by atoms with Crippen molar-refractivity contribution in [2.75, 3.05) is 19.9 Å². The van der Waals surface area contributed by atoms with Crippen LogP contribution >= 0.6 is 10.5 Å². The Morgan fingerprint density at radius 1 is 0.979 bits per heavy atom. The number of rotatable bonds is 9. The standard InChI is InChI=1S/C29H31O3S.C6H9FO2.FHO3S/c1-4-29(15-9-10-16-29)32-27(30)19-31-28-20(2)17-22(18-21(28)3)33-25-13-7-5-11-23(25)24-12-6-8-14-26(24)33;1-5(2)6(8)9-4-3-7;1-5(2,3)4/h5-8,11-14,17-18H,4,9-10,15-16,19H2,1-3H3;1,3-4H2,2H3;(H,2,3,4)/q+1;;/p-1. The SMILES string of the molecule is C=C(C)C(=O)OCCF.CCC1(OC(=O)COc2c(C)cc(-[s+]3c4ccccc4c4ccccc43)cc2C)CCCC1.O=S(=O)([O-])F. The van der Waals surface area contributed by atoms with E-state index in [0.29, 0.717) is 5.57 Å². The second kappa shape index (κ2) is 16.8. The molecule has 8 nitrogen and oxygen atoms in total. The molecule has 5 rings (SSSR count). The highest BCUT2D eigenvalue weighted by molar-refractivity contribution is 7.80. The van der Waals surface area contributed by atoms with Gasteiger partial charge in [0.05, 0.1) is 0 Å². The molecule has 3 aromatic carbocycles. The average Bonchev–Trinajstić information content (AvgIpc) is 3.61. The third-order valence-electron chi connectivity index (χ3n) is 7.66. The Kier molecular flexibility index (Phi) is 13.4. The number of hydrogen-bond donors (Lipinski definition) is 0. The highest BCUT2D eigenvalue weighted by Gasteiger charge is 2.36. The maximum absolute atomic E-state index is 12.6. The van der Waals surface area contributed by atoms with Gasteiger partial charge in [0, 0.05) is 38.9 Å². The normalized spacial score (nSPS) is 13.6. The molecule has 0 amide bonds. The second-order valence-electron chi connectivity index (χ2n) is 11.2. The van der Waals surface area contributed by atoms with Crippen molar-refractivity contribution >= 4 is 53.1 Å². The number of ether oxygens (including phenoxy) is 3. The van der Waals surface area contributed by atoms with Gasteiger partial charge in [0.15, 0.2) is 20.9 Å². The summed E-state index contributed by atoms with van der Waals surface area (Å²) in [5.74, 6) is -0.00756. The summed E-state index contributed by atoms with van der Waals surface area (Å²) in [5.41, 5.74) is 2.12. The molecule has 0 bridgehead atoms. The third kappa shape index (κ3) is 10.6. The first-order valence-corrected chi connectivity index (χ1v) is 17.7. The Morgan fingerprint density at radius 2 is 1.47 bits per heavy atom. The summed E-state index contributed by atoms with van der Waals surface area (Å²) in [4.78, 5) is 24.3. The molecule has 12 heteroatoms. The van der Waals surface area contributed by atoms with Crippen LogP contribution in [0.25, 0.3) is 25.1 Å². The van der Waals surface area contributed by atoms with E-state index in [0.717, 1.165) is 49.0 Å². The Hall–Kier alpha value is -3.87. The number of thiophene rings is 1. The first-order valence-electron chi connectivity index (χ1n) is 15.1. The first kappa shape index (κ1) is 37.6. The molecule has 0 aliphatic heterocycles. The van der Waals surface area contributed by atoms with Crippen LogP contribution in [0.15, 0.2) is 72.8 Å². The number of esters is 2. The van der Waals surface area contributed by atoms with Crippen molar-refractivity contribution in [2.45, 2.75) is 65.4 Å². The van der Waals surface area contributed by atoms with Gasteiger partial charge < -0.3 is 18.8 Å². The Morgan fingerprint density at radius 3 is 1.91 bits per heavy atom. The van der Waals surface area contributed by atoms with Crippen molar-refractivity contribution in [3.8, 4) is 10.6 Å².